The number of halogens is 1. The molecule has 0 heterocycles. The standard InChI is InChI=1S/C31H25ClN4O9/c1-42-26-15-20(16-27(43-2)28(26)44-3)29(37)34-23-10-6-18(7-11-23)30(38)35-33-17-21-14-24(36(40)41)12-13-25(21)45-31(39)19-4-8-22(32)9-5-19/h4-17H,1-3H3,(H,34,37)(H,35,38)/b33-17+. The second kappa shape index (κ2) is 14.5. The van der Waals surface area contributed by atoms with Gasteiger partial charge in [0.1, 0.15) is 5.75 Å². The number of nitro groups is 1. The molecule has 14 heteroatoms. The van der Waals surface area contributed by atoms with E-state index in [0.29, 0.717) is 28.0 Å². The van der Waals surface area contributed by atoms with Crippen molar-refractivity contribution >= 4 is 47.0 Å². The van der Waals surface area contributed by atoms with Gasteiger partial charge in [-0.3, -0.25) is 19.7 Å². The molecule has 4 rings (SSSR count). The molecule has 0 fully saturated rings. The highest BCUT2D eigenvalue weighted by Crippen LogP contribution is 2.38. The van der Waals surface area contributed by atoms with E-state index >= 15 is 0 Å². The second-order valence-electron chi connectivity index (χ2n) is 9.02. The number of hydrogen-bond donors (Lipinski definition) is 2. The van der Waals surface area contributed by atoms with Crippen LogP contribution in [0.25, 0.3) is 0 Å². The topological polar surface area (TPSA) is 168 Å². The summed E-state index contributed by atoms with van der Waals surface area (Å²) in [7, 11) is 4.33. The molecule has 0 unspecified atom stereocenters. The molecular weight excluding hydrogens is 608 g/mol. The minimum atomic E-state index is -0.725. The molecule has 0 aliphatic heterocycles. The van der Waals surface area contributed by atoms with Crippen molar-refractivity contribution in [3.63, 3.8) is 0 Å². The quantitative estimate of drug-likeness (QED) is 0.0712. The molecule has 4 aromatic rings. The van der Waals surface area contributed by atoms with Crippen LogP contribution in [-0.2, 0) is 0 Å². The molecule has 0 atom stereocenters. The van der Waals surface area contributed by atoms with Crippen LogP contribution < -0.4 is 29.7 Å². The summed E-state index contributed by atoms with van der Waals surface area (Å²) in [6.45, 7) is 0. The molecule has 2 amide bonds. The lowest BCUT2D eigenvalue weighted by Gasteiger charge is -2.14. The first-order chi connectivity index (χ1) is 21.6. The maximum absolute atomic E-state index is 12.9. The molecule has 0 bridgehead atoms. The van der Waals surface area contributed by atoms with Gasteiger partial charge in [-0.1, -0.05) is 11.6 Å². The van der Waals surface area contributed by atoms with E-state index in [1.807, 2.05) is 0 Å². The number of amides is 2. The molecule has 13 nitrogen and oxygen atoms in total. The molecule has 45 heavy (non-hydrogen) atoms. The van der Waals surface area contributed by atoms with Crippen LogP contribution in [0.5, 0.6) is 23.0 Å². The number of hydrazone groups is 1. The molecular formula is C31H25ClN4O9. The van der Waals surface area contributed by atoms with Crippen LogP contribution in [0.2, 0.25) is 5.02 Å². The molecule has 0 saturated heterocycles. The first kappa shape index (κ1) is 32.0. The number of nitrogens with zero attached hydrogens (tertiary/aromatic N) is 2. The number of non-ortho nitro benzene ring substituents is 1. The number of rotatable bonds is 11. The average molecular weight is 633 g/mol. The lowest BCUT2D eigenvalue weighted by Crippen LogP contribution is -2.18. The molecule has 230 valence electrons. The van der Waals surface area contributed by atoms with Gasteiger partial charge in [-0.2, -0.15) is 5.10 Å². The normalized spacial score (nSPS) is 10.6. The zero-order chi connectivity index (χ0) is 32.5. The Morgan fingerprint density at radius 3 is 1.98 bits per heavy atom. The number of anilines is 1. The van der Waals surface area contributed by atoms with Crippen molar-refractivity contribution in [3.8, 4) is 23.0 Å². The summed E-state index contributed by atoms with van der Waals surface area (Å²) in [5, 5.41) is 18.3. The Labute approximate surface area is 261 Å². The highest BCUT2D eigenvalue weighted by molar-refractivity contribution is 6.30. The van der Waals surface area contributed by atoms with Crippen LogP contribution in [0, 0.1) is 10.1 Å². The summed E-state index contributed by atoms with van der Waals surface area (Å²) in [6, 6.07) is 18.5. The first-order valence-corrected chi connectivity index (χ1v) is 13.3. The fourth-order valence-corrected chi connectivity index (χ4v) is 4.06. The van der Waals surface area contributed by atoms with Gasteiger partial charge in [-0.15, -0.1) is 0 Å². The summed E-state index contributed by atoms with van der Waals surface area (Å²) < 4.78 is 21.2. The first-order valence-electron chi connectivity index (χ1n) is 12.9. The predicted octanol–water partition coefficient (Wildman–Crippen LogP) is 5.51. The number of methoxy groups -OCH3 is 3. The van der Waals surface area contributed by atoms with Crippen LogP contribution in [0.3, 0.4) is 0 Å². The van der Waals surface area contributed by atoms with Crippen LogP contribution in [0.15, 0.2) is 84.0 Å². The highest BCUT2D eigenvalue weighted by atomic mass is 35.5. The van der Waals surface area contributed by atoms with E-state index in [2.05, 4.69) is 15.8 Å². The van der Waals surface area contributed by atoms with E-state index in [-0.39, 0.29) is 33.7 Å². The fraction of sp³-hybridized carbons (Fsp3) is 0.0968. The Morgan fingerprint density at radius 1 is 0.778 bits per heavy atom. The van der Waals surface area contributed by atoms with Crippen LogP contribution in [-0.4, -0.2) is 50.3 Å². The van der Waals surface area contributed by atoms with Crippen molar-refractivity contribution in [2.24, 2.45) is 5.10 Å². The largest absolute Gasteiger partial charge is 0.493 e. The fourth-order valence-electron chi connectivity index (χ4n) is 3.93. The summed E-state index contributed by atoms with van der Waals surface area (Å²) in [4.78, 5) is 48.8. The molecule has 4 aromatic carbocycles. The van der Waals surface area contributed by atoms with E-state index in [1.54, 1.807) is 0 Å². The Bertz CT molecular complexity index is 1750. The maximum Gasteiger partial charge on any atom is 0.343 e. The van der Waals surface area contributed by atoms with Gasteiger partial charge in [-0.05, 0) is 66.7 Å². The van der Waals surface area contributed by atoms with E-state index in [9.17, 15) is 24.5 Å². The van der Waals surface area contributed by atoms with E-state index in [4.69, 9.17) is 30.5 Å². The van der Waals surface area contributed by atoms with Crippen molar-refractivity contribution in [2.75, 3.05) is 26.6 Å². The SMILES string of the molecule is COc1cc(C(=O)Nc2ccc(C(=O)N/N=C/c3cc([N+](=O)[O-])ccc3OC(=O)c3ccc(Cl)cc3)cc2)cc(OC)c1OC. The lowest BCUT2D eigenvalue weighted by atomic mass is 10.1. The minimum Gasteiger partial charge on any atom is -0.493 e. The number of nitro benzene ring substituents is 1. The van der Waals surface area contributed by atoms with Crippen molar-refractivity contribution in [1.29, 1.82) is 0 Å². The van der Waals surface area contributed by atoms with Crippen molar-refractivity contribution in [2.45, 2.75) is 0 Å². The number of hydrogen-bond acceptors (Lipinski definition) is 10. The summed E-state index contributed by atoms with van der Waals surface area (Å²) >= 11 is 5.86. The van der Waals surface area contributed by atoms with E-state index < -0.39 is 22.7 Å². The van der Waals surface area contributed by atoms with Crippen LogP contribution in [0.1, 0.15) is 36.6 Å². The Hall–Kier alpha value is -5.95. The van der Waals surface area contributed by atoms with Gasteiger partial charge < -0.3 is 24.3 Å². The highest BCUT2D eigenvalue weighted by Gasteiger charge is 2.18. The number of nitrogens with one attached hydrogen (secondary N) is 2. The minimum absolute atomic E-state index is 0.0225. The van der Waals surface area contributed by atoms with Gasteiger partial charge in [0, 0.05) is 39.5 Å². The number of carbonyl (C=O) groups is 3. The van der Waals surface area contributed by atoms with Gasteiger partial charge >= 0.3 is 5.97 Å². The van der Waals surface area contributed by atoms with Gasteiger partial charge in [0.25, 0.3) is 17.5 Å². The zero-order valence-corrected chi connectivity index (χ0v) is 24.8. The summed E-state index contributed by atoms with van der Waals surface area (Å²) in [5.74, 6) is -0.852. The molecule has 0 radical (unpaired) electrons. The third kappa shape index (κ3) is 7.91. The third-order valence-corrected chi connectivity index (χ3v) is 6.44. The molecule has 2 N–H and O–H groups in total. The molecule has 0 aliphatic carbocycles. The van der Waals surface area contributed by atoms with Gasteiger partial charge in [0.2, 0.25) is 5.75 Å². The number of ether oxygens (including phenoxy) is 4. The summed E-state index contributed by atoms with van der Waals surface area (Å²) in [6.07, 6.45) is 1.11. The van der Waals surface area contributed by atoms with Crippen LogP contribution in [0.4, 0.5) is 11.4 Å². The van der Waals surface area contributed by atoms with Crippen LogP contribution >= 0.6 is 11.6 Å². The number of carbonyl (C=O) groups excluding carboxylic acids is 3. The van der Waals surface area contributed by atoms with Gasteiger partial charge in [0.15, 0.2) is 11.5 Å². The maximum atomic E-state index is 12.9. The van der Waals surface area contributed by atoms with Crippen molar-refractivity contribution in [1.82, 2.24) is 5.43 Å². The molecule has 0 saturated carbocycles. The van der Waals surface area contributed by atoms with Crippen molar-refractivity contribution < 1.29 is 38.3 Å². The Morgan fingerprint density at radius 2 is 1.40 bits per heavy atom. The monoisotopic (exact) mass is 632 g/mol. The smallest absolute Gasteiger partial charge is 0.343 e. The third-order valence-electron chi connectivity index (χ3n) is 6.19. The number of benzene rings is 4. The Balaban J connectivity index is 1.44. The van der Waals surface area contributed by atoms with E-state index in [1.165, 1.54) is 94.1 Å². The number of esters is 1. The average Bonchev–Trinajstić information content (AvgIpc) is 3.05. The predicted molar refractivity (Wildman–Crippen MR) is 165 cm³/mol. The zero-order valence-electron chi connectivity index (χ0n) is 24.0. The van der Waals surface area contributed by atoms with Gasteiger partial charge in [0.05, 0.1) is 38.0 Å². The molecule has 0 aromatic heterocycles. The van der Waals surface area contributed by atoms with Gasteiger partial charge in [-0.25, -0.2) is 10.2 Å². The molecule has 0 aliphatic rings. The van der Waals surface area contributed by atoms with Crippen molar-refractivity contribution in [3.05, 3.63) is 116 Å². The lowest BCUT2D eigenvalue weighted by molar-refractivity contribution is -0.384. The second-order valence-corrected chi connectivity index (χ2v) is 9.46. The molecule has 0 spiro atoms. The van der Waals surface area contributed by atoms with E-state index in [0.717, 1.165) is 12.3 Å². The summed E-state index contributed by atoms with van der Waals surface area (Å²) in [5.41, 5.74) is 3.16. The Kier molecular flexibility index (Phi) is 10.3.